The zero-order valence-electron chi connectivity index (χ0n) is 12.4. The van der Waals surface area contributed by atoms with E-state index in [1.807, 2.05) is 0 Å². The number of hydrogen-bond donors (Lipinski definition) is 1. The molecule has 0 aromatic heterocycles. The minimum atomic E-state index is 0.658. The minimum absolute atomic E-state index is 0.658. The van der Waals surface area contributed by atoms with Gasteiger partial charge >= 0.3 is 0 Å². The molecule has 2 nitrogen and oxygen atoms in total. The van der Waals surface area contributed by atoms with Gasteiger partial charge < -0.3 is 10.2 Å². The van der Waals surface area contributed by atoms with Crippen LogP contribution in [-0.2, 0) is 6.54 Å². The average Bonchev–Trinajstić information content (AvgIpc) is 2.46. The van der Waals surface area contributed by atoms with Crippen LogP contribution in [0.4, 0.5) is 0 Å². The van der Waals surface area contributed by atoms with Gasteiger partial charge in [0.05, 0.1) is 0 Å². The zero-order valence-corrected chi connectivity index (χ0v) is 12.4. The Kier molecular flexibility index (Phi) is 5.87. The molecule has 1 aliphatic heterocycles. The van der Waals surface area contributed by atoms with Crippen molar-refractivity contribution in [1.82, 2.24) is 10.2 Å². The molecular weight excluding hydrogens is 232 g/mol. The molecule has 1 fully saturated rings. The topological polar surface area (TPSA) is 15.3 Å². The van der Waals surface area contributed by atoms with Gasteiger partial charge in [0.1, 0.15) is 0 Å². The van der Waals surface area contributed by atoms with Gasteiger partial charge in [0, 0.05) is 25.7 Å². The van der Waals surface area contributed by atoms with E-state index >= 15 is 0 Å². The third kappa shape index (κ3) is 4.63. The lowest BCUT2D eigenvalue weighted by Crippen LogP contribution is -2.48. The van der Waals surface area contributed by atoms with E-state index in [0.717, 1.165) is 12.5 Å². The number of nitrogens with zero attached hydrogens (tertiary/aromatic N) is 1. The van der Waals surface area contributed by atoms with Crippen molar-refractivity contribution in [3.63, 3.8) is 0 Å². The largest absolute Gasteiger partial charge is 0.309 e. The molecule has 1 heterocycles. The summed E-state index contributed by atoms with van der Waals surface area (Å²) in [4.78, 5) is 2.60. The molecule has 1 saturated heterocycles. The second kappa shape index (κ2) is 7.66. The molecule has 2 unspecified atom stereocenters. The molecule has 0 radical (unpaired) electrons. The van der Waals surface area contributed by atoms with Crippen LogP contribution >= 0.6 is 0 Å². The number of hydrogen-bond acceptors (Lipinski definition) is 2. The van der Waals surface area contributed by atoms with Gasteiger partial charge in [0.25, 0.3) is 0 Å². The summed E-state index contributed by atoms with van der Waals surface area (Å²) in [5.74, 6) is 0.881. The molecule has 0 spiro atoms. The SMILES string of the molecule is CCCC1CC(NCc2ccccc2)CN(CC)C1. The van der Waals surface area contributed by atoms with E-state index < -0.39 is 0 Å². The van der Waals surface area contributed by atoms with E-state index in [1.54, 1.807) is 0 Å². The van der Waals surface area contributed by atoms with E-state index in [1.165, 1.54) is 44.5 Å². The maximum atomic E-state index is 3.75. The van der Waals surface area contributed by atoms with Crippen LogP contribution in [-0.4, -0.2) is 30.6 Å². The Morgan fingerprint density at radius 1 is 1.16 bits per heavy atom. The summed E-state index contributed by atoms with van der Waals surface area (Å²) in [5.41, 5.74) is 1.39. The van der Waals surface area contributed by atoms with Crippen LogP contribution in [0, 0.1) is 5.92 Å². The lowest BCUT2D eigenvalue weighted by atomic mass is 9.90. The summed E-state index contributed by atoms with van der Waals surface area (Å²) in [6, 6.07) is 11.4. The van der Waals surface area contributed by atoms with Gasteiger partial charge in [0.15, 0.2) is 0 Å². The molecule has 0 bridgehead atoms. The molecule has 1 aromatic carbocycles. The maximum Gasteiger partial charge on any atom is 0.0208 e. The van der Waals surface area contributed by atoms with Crippen molar-refractivity contribution in [2.24, 2.45) is 5.92 Å². The van der Waals surface area contributed by atoms with Crippen molar-refractivity contribution in [1.29, 1.82) is 0 Å². The van der Waals surface area contributed by atoms with Crippen LogP contribution in [0.5, 0.6) is 0 Å². The summed E-state index contributed by atoms with van der Waals surface area (Å²) < 4.78 is 0. The van der Waals surface area contributed by atoms with Gasteiger partial charge in [-0.2, -0.15) is 0 Å². The van der Waals surface area contributed by atoms with E-state index in [0.29, 0.717) is 6.04 Å². The van der Waals surface area contributed by atoms with Crippen LogP contribution in [0.1, 0.15) is 38.7 Å². The number of nitrogens with one attached hydrogen (secondary N) is 1. The third-order valence-corrected chi connectivity index (χ3v) is 4.19. The Morgan fingerprint density at radius 2 is 1.95 bits per heavy atom. The Hall–Kier alpha value is -0.860. The minimum Gasteiger partial charge on any atom is -0.309 e. The molecule has 106 valence electrons. The Morgan fingerprint density at radius 3 is 2.63 bits per heavy atom. The van der Waals surface area contributed by atoms with Crippen LogP contribution in [0.2, 0.25) is 0 Å². The van der Waals surface area contributed by atoms with Gasteiger partial charge in [-0.25, -0.2) is 0 Å². The lowest BCUT2D eigenvalue weighted by Gasteiger charge is -2.37. The Labute approximate surface area is 118 Å². The monoisotopic (exact) mass is 260 g/mol. The molecule has 1 N–H and O–H groups in total. The van der Waals surface area contributed by atoms with Crippen molar-refractivity contribution < 1.29 is 0 Å². The summed E-state index contributed by atoms with van der Waals surface area (Å²) in [6.07, 6.45) is 4.03. The first-order valence-electron chi connectivity index (χ1n) is 7.81. The van der Waals surface area contributed by atoms with Crippen LogP contribution in [0.15, 0.2) is 30.3 Å². The Bertz CT molecular complexity index is 350. The van der Waals surface area contributed by atoms with E-state index in [-0.39, 0.29) is 0 Å². The van der Waals surface area contributed by atoms with E-state index in [2.05, 4.69) is 54.4 Å². The van der Waals surface area contributed by atoms with Gasteiger partial charge in [-0.3, -0.25) is 0 Å². The molecule has 0 aliphatic carbocycles. The highest BCUT2D eigenvalue weighted by atomic mass is 15.2. The molecule has 1 aliphatic rings. The van der Waals surface area contributed by atoms with Gasteiger partial charge in [0.2, 0.25) is 0 Å². The van der Waals surface area contributed by atoms with Crippen LogP contribution in [0.25, 0.3) is 0 Å². The number of likely N-dealkylation sites (N-methyl/N-ethyl adjacent to an activating group) is 1. The molecular formula is C17H28N2. The highest BCUT2D eigenvalue weighted by Crippen LogP contribution is 2.21. The summed E-state index contributed by atoms with van der Waals surface area (Å²) in [7, 11) is 0. The van der Waals surface area contributed by atoms with Crippen molar-refractivity contribution in [2.45, 2.75) is 45.7 Å². The first-order valence-corrected chi connectivity index (χ1v) is 7.81. The van der Waals surface area contributed by atoms with Gasteiger partial charge in [-0.05, 0) is 30.9 Å². The first kappa shape index (κ1) is 14.5. The highest BCUT2D eigenvalue weighted by Gasteiger charge is 2.25. The van der Waals surface area contributed by atoms with E-state index in [4.69, 9.17) is 0 Å². The van der Waals surface area contributed by atoms with Crippen molar-refractivity contribution in [2.75, 3.05) is 19.6 Å². The fourth-order valence-corrected chi connectivity index (χ4v) is 3.18. The van der Waals surface area contributed by atoms with Crippen LogP contribution < -0.4 is 5.32 Å². The summed E-state index contributed by atoms with van der Waals surface area (Å²) in [5, 5.41) is 3.75. The Balaban J connectivity index is 1.84. The average molecular weight is 260 g/mol. The molecule has 0 amide bonds. The predicted octanol–water partition coefficient (Wildman–Crippen LogP) is 3.29. The highest BCUT2D eigenvalue weighted by molar-refractivity contribution is 5.14. The zero-order chi connectivity index (χ0) is 13.5. The fourth-order valence-electron chi connectivity index (χ4n) is 3.18. The molecule has 2 heteroatoms. The number of benzene rings is 1. The van der Waals surface area contributed by atoms with Gasteiger partial charge in [-0.1, -0.05) is 50.6 Å². The standard InChI is InChI=1S/C17H28N2/c1-3-8-16-11-17(14-19(4-2)13-16)18-12-15-9-6-5-7-10-15/h5-7,9-10,16-18H,3-4,8,11-14H2,1-2H3. The number of likely N-dealkylation sites (tertiary alicyclic amines) is 1. The third-order valence-electron chi connectivity index (χ3n) is 4.19. The molecule has 0 saturated carbocycles. The van der Waals surface area contributed by atoms with Crippen molar-refractivity contribution in [3.8, 4) is 0 Å². The van der Waals surface area contributed by atoms with E-state index in [9.17, 15) is 0 Å². The second-order valence-corrected chi connectivity index (χ2v) is 5.81. The summed E-state index contributed by atoms with van der Waals surface area (Å²) in [6.45, 7) is 9.28. The summed E-state index contributed by atoms with van der Waals surface area (Å²) >= 11 is 0. The number of piperidine rings is 1. The maximum absolute atomic E-state index is 3.75. The molecule has 1 aromatic rings. The normalized spacial score (nSPS) is 24.5. The van der Waals surface area contributed by atoms with Gasteiger partial charge in [-0.15, -0.1) is 0 Å². The quantitative estimate of drug-likeness (QED) is 0.844. The predicted molar refractivity (Wildman–Crippen MR) is 82.2 cm³/mol. The molecule has 2 atom stereocenters. The van der Waals surface area contributed by atoms with Crippen molar-refractivity contribution >= 4 is 0 Å². The lowest BCUT2D eigenvalue weighted by molar-refractivity contribution is 0.140. The van der Waals surface area contributed by atoms with Crippen molar-refractivity contribution in [3.05, 3.63) is 35.9 Å². The van der Waals surface area contributed by atoms with Crippen LogP contribution in [0.3, 0.4) is 0 Å². The fraction of sp³-hybridized carbons (Fsp3) is 0.647. The second-order valence-electron chi connectivity index (χ2n) is 5.81. The molecule has 2 rings (SSSR count). The molecule has 19 heavy (non-hydrogen) atoms. The first-order chi connectivity index (χ1) is 9.31. The smallest absolute Gasteiger partial charge is 0.0208 e. The number of rotatable bonds is 6.